The minimum absolute atomic E-state index is 0.0106. The lowest BCUT2D eigenvalue weighted by atomic mass is 10.0. The average Bonchev–Trinajstić information content (AvgIpc) is 3.49. The van der Waals surface area contributed by atoms with Crippen molar-refractivity contribution in [3.63, 3.8) is 0 Å². The molecule has 0 aliphatic heterocycles. The number of aromatic nitrogens is 1. The Morgan fingerprint density at radius 1 is 0.720 bits per heavy atom. The number of fused-ring (bicyclic) bond motifs is 1. The van der Waals surface area contributed by atoms with E-state index < -0.39 is 47.9 Å². The zero-order valence-corrected chi connectivity index (χ0v) is 27.2. The average molecular weight is 687 g/mol. The van der Waals surface area contributed by atoms with Gasteiger partial charge >= 0.3 is 5.97 Å². The van der Waals surface area contributed by atoms with Gasteiger partial charge in [0.05, 0.1) is 6.04 Å². The standard InChI is InChI=1S/C35H42N8O7/c36-26(16-20-7-11-23(44)12-8-20)31(46)42-29(17-21-9-13-24(45)14-10-21)32(47)43-30(18-22-19-40-27-5-2-1-4-25(22)27)33(48)41-28(34(49)50)6-3-15-39-35(37)38/h1-2,4-5,7-14,19,26,28-30,40,44-45H,3,6,15-18,36H2,(H,41,48)(H,42,46)(H,43,47)(H,49,50)(H4,37,38,39). The van der Waals surface area contributed by atoms with Crippen LogP contribution in [0.15, 0.2) is 84.0 Å². The topological polar surface area (TPSA) is 271 Å². The molecule has 4 rings (SSSR count). The van der Waals surface area contributed by atoms with Crippen LogP contribution in [0, 0.1) is 0 Å². The third-order valence-electron chi connectivity index (χ3n) is 8.03. The highest BCUT2D eigenvalue weighted by atomic mass is 16.4. The Kier molecular flexibility index (Phi) is 12.7. The van der Waals surface area contributed by atoms with Crippen molar-refractivity contribution in [2.75, 3.05) is 6.54 Å². The van der Waals surface area contributed by atoms with Gasteiger partial charge in [-0.25, -0.2) is 4.79 Å². The maximum absolute atomic E-state index is 14.0. The first kappa shape index (κ1) is 36.7. The number of carbonyl (C=O) groups is 4. The first-order valence-corrected chi connectivity index (χ1v) is 15.9. The van der Waals surface area contributed by atoms with Crippen LogP contribution < -0.4 is 33.2 Å². The van der Waals surface area contributed by atoms with E-state index in [0.29, 0.717) is 16.7 Å². The van der Waals surface area contributed by atoms with Crippen LogP contribution in [0.4, 0.5) is 0 Å². The van der Waals surface area contributed by atoms with Gasteiger partial charge in [-0.3, -0.25) is 19.4 Å². The van der Waals surface area contributed by atoms with Crippen LogP contribution in [-0.2, 0) is 38.4 Å². The van der Waals surface area contributed by atoms with Gasteiger partial charge in [0, 0.05) is 36.5 Å². The zero-order chi connectivity index (χ0) is 36.2. The number of rotatable bonds is 17. The molecule has 264 valence electrons. The first-order valence-electron chi connectivity index (χ1n) is 15.9. The molecule has 0 spiro atoms. The number of hydrogen-bond acceptors (Lipinski definition) is 8. The van der Waals surface area contributed by atoms with Crippen LogP contribution >= 0.6 is 0 Å². The van der Waals surface area contributed by atoms with Crippen LogP contribution in [0.3, 0.4) is 0 Å². The fraction of sp³-hybridized carbons (Fsp3) is 0.286. The van der Waals surface area contributed by atoms with Gasteiger partial charge in [-0.1, -0.05) is 42.5 Å². The lowest BCUT2D eigenvalue weighted by Gasteiger charge is -2.25. The maximum Gasteiger partial charge on any atom is 0.326 e. The summed E-state index contributed by atoms with van der Waals surface area (Å²) in [5, 5.41) is 38.0. The molecule has 0 bridgehead atoms. The molecule has 15 heteroatoms. The Bertz CT molecular complexity index is 1800. The number of guanidine groups is 1. The molecule has 4 aromatic rings. The van der Waals surface area contributed by atoms with Gasteiger partial charge in [0.1, 0.15) is 29.6 Å². The van der Waals surface area contributed by atoms with E-state index in [9.17, 15) is 34.5 Å². The van der Waals surface area contributed by atoms with Crippen LogP contribution in [0.2, 0.25) is 0 Å². The third-order valence-corrected chi connectivity index (χ3v) is 8.03. The van der Waals surface area contributed by atoms with E-state index in [1.165, 1.54) is 24.3 Å². The molecule has 0 radical (unpaired) electrons. The van der Waals surface area contributed by atoms with E-state index in [1.807, 2.05) is 24.3 Å². The molecule has 0 saturated heterocycles. The summed E-state index contributed by atoms with van der Waals surface area (Å²) in [6, 6.07) is 14.8. The Labute approximate surface area is 288 Å². The molecule has 4 unspecified atom stereocenters. The fourth-order valence-electron chi connectivity index (χ4n) is 5.37. The van der Waals surface area contributed by atoms with Crippen LogP contribution in [-0.4, -0.2) is 80.7 Å². The number of nitrogens with zero attached hydrogens (tertiary/aromatic N) is 1. The molecule has 0 aliphatic carbocycles. The summed E-state index contributed by atoms with van der Waals surface area (Å²) < 4.78 is 0. The van der Waals surface area contributed by atoms with Crippen LogP contribution in [0.5, 0.6) is 11.5 Å². The number of hydrogen-bond donors (Lipinski definition) is 10. The second-order valence-corrected chi connectivity index (χ2v) is 11.9. The minimum Gasteiger partial charge on any atom is -0.508 e. The molecule has 4 atom stereocenters. The number of nitrogens with one attached hydrogen (secondary N) is 4. The van der Waals surface area contributed by atoms with Gasteiger partial charge < -0.3 is 53.5 Å². The van der Waals surface area contributed by atoms with E-state index in [1.54, 1.807) is 30.5 Å². The van der Waals surface area contributed by atoms with E-state index in [4.69, 9.17) is 17.2 Å². The van der Waals surface area contributed by atoms with Crippen molar-refractivity contribution in [1.82, 2.24) is 20.9 Å². The van der Waals surface area contributed by atoms with Crippen LogP contribution in [0.1, 0.15) is 29.5 Å². The van der Waals surface area contributed by atoms with Gasteiger partial charge in [-0.2, -0.15) is 0 Å². The second-order valence-electron chi connectivity index (χ2n) is 11.9. The van der Waals surface area contributed by atoms with Crippen molar-refractivity contribution >= 4 is 40.6 Å². The number of aromatic hydroxyl groups is 2. The molecule has 3 amide bonds. The summed E-state index contributed by atoms with van der Waals surface area (Å²) >= 11 is 0. The zero-order valence-electron chi connectivity index (χ0n) is 27.2. The van der Waals surface area contributed by atoms with E-state index in [0.717, 1.165) is 10.9 Å². The molecule has 0 aliphatic rings. The number of aliphatic carboxylic acids is 1. The molecule has 0 saturated carbocycles. The molecular weight excluding hydrogens is 644 g/mol. The van der Waals surface area contributed by atoms with Crippen molar-refractivity contribution in [3.8, 4) is 11.5 Å². The number of carboxylic acids is 1. The highest BCUT2D eigenvalue weighted by molar-refractivity contribution is 5.95. The number of para-hydroxylation sites is 1. The summed E-state index contributed by atoms with van der Waals surface area (Å²) in [4.78, 5) is 60.1. The van der Waals surface area contributed by atoms with Crippen LogP contribution in [0.25, 0.3) is 10.9 Å². The van der Waals surface area contributed by atoms with E-state index in [2.05, 4.69) is 25.9 Å². The molecule has 0 fully saturated rings. The summed E-state index contributed by atoms with van der Waals surface area (Å²) in [6.45, 7) is 0.158. The summed E-state index contributed by atoms with van der Waals surface area (Å²) in [7, 11) is 0. The molecular formula is C35H42N8O7. The number of carboxylic acid groups (broad SMARTS) is 1. The van der Waals surface area contributed by atoms with Gasteiger partial charge in [0.2, 0.25) is 17.7 Å². The smallest absolute Gasteiger partial charge is 0.326 e. The lowest BCUT2D eigenvalue weighted by Crippen LogP contribution is -2.58. The predicted octanol–water partition coefficient (Wildman–Crippen LogP) is 0.527. The van der Waals surface area contributed by atoms with Crippen molar-refractivity contribution in [2.45, 2.75) is 56.3 Å². The maximum atomic E-state index is 14.0. The third kappa shape index (κ3) is 10.7. The molecule has 1 heterocycles. The number of carbonyl (C=O) groups excluding carboxylic acids is 3. The lowest BCUT2D eigenvalue weighted by molar-refractivity contribution is -0.142. The SMILES string of the molecule is NC(N)=NCCCC(NC(=O)C(Cc1c[nH]c2ccccc12)NC(=O)C(Cc1ccc(O)cc1)NC(=O)C(N)Cc1ccc(O)cc1)C(=O)O. The van der Waals surface area contributed by atoms with E-state index in [-0.39, 0.29) is 56.1 Å². The number of phenolic OH excluding ortho intramolecular Hbond substituents is 2. The summed E-state index contributed by atoms with van der Waals surface area (Å²) in [6.07, 6.45) is 2.07. The highest BCUT2D eigenvalue weighted by Gasteiger charge is 2.31. The quantitative estimate of drug-likeness (QED) is 0.0418. The monoisotopic (exact) mass is 686 g/mol. The highest BCUT2D eigenvalue weighted by Crippen LogP contribution is 2.20. The number of H-pyrrole nitrogens is 1. The number of phenols is 2. The largest absolute Gasteiger partial charge is 0.508 e. The second kappa shape index (κ2) is 17.3. The number of amides is 3. The summed E-state index contributed by atoms with van der Waals surface area (Å²) in [5.41, 5.74) is 19.7. The summed E-state index contributed by atoms with van der Waals surface area (Å²) in [5.74, 6) is -3.46. The molecule has 50 heavy (non-hydrogen) atoms. The first-order chi connectivity index (χ1) is 23.9. The van der Waals surface area contributed by atoms with E-state index >= 15 is 0 Å². The minimum atomic E-state index is -1.30. The molecule has 15 nitrogen and oxygen atoms in total. The van der Waals surface area contributed by atoms with Crippen molar-refractivity contribution in [1.29, 1.82) is 0 Å². The van der Waals surface area contributed by atoms with Gasteiger partial charge in [0.15, 0.2) is 5.96 Å². The normalized spacial score (nSPS) is 13.4. The number of benzene rings is 3. The number of aliphatic imine (C=N–C) groups is 1. The Morgan fingerprint density at radius 2 is 1.26 bits per heavy atom. The van der Waals surface area contributed by atoms with Crippen molar-refractivity contribution in [3.05, 3.63) is 95.7 Å². The Morgan fingerprint density at radius 3 is 1.86 bits per heavy atom. The Hall–Kier alpha value is -6.09. The molecule has 3 aromatic carbocycles. The van der Waals surface area contributed by atoms with Gasteiger partial charge in [-0.15, -0.1) is 0 Å². The van der Waals surface area contributed by atoms with Gasteiger partial charge in [-0.05, 0) is 66.3 Å². The molecule has 13 N–H and O–H groups in total. The number of nitrogens with two attached hydrogens (primary N) is 3. The Balaban J connectivity index is 1.58. The van der Waals surface area contributed by atoms with Gasteiger partial charge in [0.25, 0.3) is 0 Å². The van der Waals surface area contributed by atoms with Crippen molar-refractivity contribution < 1.29 is 34.5 Å². The van der Waals surface area contributed by atoms with Crippen molar-refractivity contribution in [2.24, 2.45) is 22.2 Å². The molecule has 1 aromatic heterocycles. The predicted molar refractivity (Wildman–Crippen MR) is 187 cm³/mol. The number of aromatic amines is 1. The fourth-order valence-corrected chi connectivity index (χ4v) is 5.37.